The van der Waals surface area contributed by atoms with Crippen LogP contribution >= 0.6 is 27.3 Å². The first kappa shape index (κ1) is 10.7. The van der Waals surface area contributed by atoms with Gasteiger partial charge in [0.2, 0.25) is 0 Å². The summed E-state index contributed by atoms with van der Waals surface area (Å²) in [7, 11) is 0. The van der Waals surface area contributed by atoms with Crippen LogP contribution in [0.1, 0.15) is 0 Å². The predicted molar refractivity (Wildman–Crippen MR) is 74.8 cm³/mol. The van der Waals surface area contributed by atoms with Crippen LogP contribution in [0.4, 0.5) is 10.8 Å². The van der Waals surface area contributed by atoms with Gasteiger partial charge in [0.05, 0.1) is 20.4 Å². The monoisotopic (exact) mass is 305 g/mol. The van der Waals surface area contributed by atoms with E-state index in [2.05, 4.69) is 37.3 Å². The number of pyridine rings is 1. The summed E-state index contributed by atoms with van der Waals surface area (Å²) in [5, 5.41) is 4.17. The molecular formula is C12H8BrN3S. The molecule has 0 saturated carbocycles. The minimum atomic E-state index is 0.887. The van der Waals surface area contributed by atoms with Crippen LogP contribution in [0.2, 0.25) is 0 Å². The normalized spacial score (nSPS) is 10.6. The zero-order valence-corrected chi connectivity index (χ0v) is 11.1. The molecule has 1 aromatic carbocycles. The molecule has 0 unspecified atom stereocenters. The van der Waals surface area contributed by atoms with Gasteiger partial charge in [0.1, 0.15) is 0 Å². The van der Waals surface area contributed by atoms with E-state index < -0.39 is 0 Å². The van der Waals surface area contributed by atoms with Crippen molar-refractivity contribution in [3.05, 3.63) is 47.2 Å². The molecule has 0 saturated heterocycles. The Balaban J connectivity index is 1.98. The molecule has 0 radical (unpaired) electrons. The number of hydrogen-bond donors (Lipinski definition) is 1. The topological polar surface area (TPSA) is 37.8 Å². The summed E-state index contributed by atoms with van der Waals surface area (Å²) >= 11 is 5.09. The number of benzene rings is 1. The summed E-state index contributed by atoms with van der Waals surface area (Å²) in [5.41, 5.74) is 1.99. The Labute approximate surface area is 111 Å². The SMILES string of the molecule is Brc1cnccc1Nc1nc2ccccc2s1. The summed E-state index contributed by atoms with van der Waals surface area (Å²) in [6, 6.07) is 10.0. The molecule has 0 aliphatic heterocycles. The number of rotatable bonds is 2. The van der Waals surface area contributed by atoms with Gasteiger partial charge in [0.15, 0.2) is 5.13 Å². The Bertz CT molecular complexity index is 632. The van der Waals surface area contributed by atoms with Gasteiger partial charge < -0.3 is 5.32 Å². The van der Waals surface area contributed by atoms with Gasteiger partial charge in [0, 0.05) is 12.4 Å². The molecule has 17 heavy (non-hydrogen) atoms. The summed E-state index contributed by atoms with van der Waals surface area (Å²) < 4.78 is 2.11. The van der Waals surface area contributed by atoms with Gasteiger partial charge in [-0.1, -0.05) is 23.5 Å². The Kier molecular flexibility index (Phi) is 2.78. The molecule has 0 bridgehead atoms. The van der Waals surface area contributed by atoms with Gasteiger partial charge in [-0.15, -0.1) is 0 Å². The highest BCUT2D eigenvalue weighted by molar-refractivity contribution is 9.10. The summed E-state index contributed by atoms with van der Waals surface area (Å²) in [5.74, 6) is 0. The van der Waals surface area contributed by atoms with Crippen LogP contribution in [0, 0.1) is 0 Å². The van der Waals surface area contributed by atoms with Crippen molar-refractivity contribution in [3.8, 4) is 0 Å². The van der Waals surface area contributed by atoms with E-state index in [0.29, 0.717) is 0 Å². The van der Waals surface area contributed by atoms with E-state index in [-0.39, 0.29) is 0 Å². The largest absolute Gasteiger partial charge is 0.330 e. The maximum absolute atomic E-state index is 4.52. The Hall–Kier alpha value is -1.46. The van der Waals surface area contributed by atoms with Crippen LogP contribution in [0.5, 0.6) is 0 Å². The van der Waals surface area contributed by atoms with Gasteiger partial charge in [-0.05, 0) is 34.1 Å². The van der Waals surface area contributed by atoms with Gasteiger partial charge in [-0.25, -0.2) is 4.98 Å². The van der Waals surface area contributed by atoms with E-state index in [1.54, 1.807) is 23.7 Å². The van der Waals surface area contributed by atoms with Crippen molar-refractivity contribution in [1.29, 1.82) is 0 Å². The first-order valence-corrected chi connectivity index (χ1v) is 6.66. The molecule has 2 heterocycles. The van der Waals surface area contributed by atoms with Crippen molar-refractivity contribution in [2.75, 3.05) is 5.32 Å². The van der Waals surface area contributed by atoms with Gasteiger partial charge in [-0.3, -0.25) is 4.98 Å². The number of anilines is 2. The van der Waals surface area contributed by atoms with Crippen molar-refractivity contribution in [3.63, 3.8) is 0 Å². The molecule has 1 N–H and O–H groups in total. The predicted octanol–water partition coefficient (Wildman–Crippen LogP) is 4.20. The van der Waals surface area contributed by atoms with Crippen molar-refractivity contribution >= 4 is 48.3 Å². The molecule has 5 heteroatoms. The van der Waals surface area contributed by atoms with E-state index >= 15 is 0 Å². The van der Waals surface area contributed by atoms with Crippen LogP contribution in [0.25, 0.3) is 10.2 Å². The highest BCUT2D eigenvalue weighted by Gasteiger charge is 2.05. The van der Waals surface area contributed by atoms with Crippen molar-refractivity contribution in [2.24, 2.45) is 0 Å². The molecule has 0 aliphatic carbocycles. The zero-order valence-electron chi connectivity index (χ0n) is 8.72. The van der Waals surface area contributed by atoms with Crippen LogP contribution < -0.4 is 5.32 Å². The third-order valence-corrected chi connectivity index (χ3v) is 3.89. The maximum Gasteiger partial charge on any atom is 0.188 e. The zero-order chi connectivity index (χ0) is 11.7. The third-order valence-electron chi connectivity index (χ3n) is 2.31. The summed E-state index contributed by atoms with van der Waals surface area (Å²) in [6.45, 7) is 0. The lowest BCUT2D eigenvalue weighted by molar-refractivity contribution is 1.30. The molecule has 0 atom stereocenters. The highest BCUT2D eigenvalue weighted by atomic mass is 79.9. The number of nitrogens with one attached hydrogen (secondary N) is 1. The first-order chi connectivity index (χ1) is 8.33. The van der Waals surface area contributed by atoms with Crippen LogP contribution in [-0.2, 0) is 0 Å². The summed E-state index contributed by atoms with van der Waals surface area (Å²) in [6.07, 6.45) is 3.51. The molecule has 0 amide bonds. The molecule has 3 aromatic rings. The average Bonchev–Trinajstić information content (AvgIpc) is 2.74. The number of nitrogens with zero attached hydrogens (tertiary/aromatic N) is 2. The molecule has 2 aromatic heterocycles. The second-order valence-electron chi connectivity index (χ2n) is 3.47. The molecule has 0 fully saturated rings. The molecule has 0 aliphatic rings. The fraction of sp³-hybridized carbons (Fsp3) is 0. The smallest absolute Gasteiger partial charge is 0.188 e. The second kappa shape index (κ2) is 4.43. The van der Waals surface area contributed by atoms with Crippen molar-refractivity contribution in [1.82, 2.24) is 9.97 Å². The molecule has 84 valence electrons. The number of thiazole rings is 1. The Morgan fingerprint density at radius 2 is 2.06 bits per heavy atom. The average molecular weight is 306 g/mol. The number of aromatic nitrogens is 2. The molecule has 0 spiro atoms. The number of para-hydroxylation sites is 1. The second-order valence-corrected chi connectivity index (χ2v) is 5.35. The van der Waals surface area contributed by atoms with Crippen molar-refractivity contribution in [2.45, 2.75) is 0 Å². The quantitative estimate of drug-likeness (QED) is 0.771. The fourth-order valence-corrected chi connectivity index (χ4v) is 2.75. The van der Waals surface area contributed by atoms with E-state index in [1.165, 1.54) is 4.70 Å². The van der Waals surface area contributed by atoms with Gasteiger partial charge in [-0.2, -0.15) is 0 Å². The minimum absolute atomic E-state index is 0.887. The number of halogens is 1. The van der Waals surface area contributed by atoms with E-state index in [9.17, 15) is 0 Å². The molecule has 3 nitrogen and oxygen atoms in total. The Morgan fingerprint density at radius 3 is 2.88 bits per heavy atom. The first-order valence-electron chi connectivity index (χ1n) is 5.05. The van der Waals surface area contributed by atoms with E-state index in [0.717, 1.165) is 20.8 Å². The molecular weight excluding hydrogens is 298 g/mol. The Morgan fingerprint density at radius 1 is 1.18 bits per heavy atom. The lowest BCUT2D eigenvalue weighted by Crippen LogP contribution is -1.90. The maximum atomic E-state index is 4.52. The van der Waals surface area contributed by atoms with Gasteiger partial charge >= 0.3 is 0 Å². The fourth-order valence-electron chi connectivity index (χ4n) is 1.52. The van der Waals surface area contributed by atoms with Crippen LogP contribution in [0.15, 0.2) is 47.2 Å². The number of hydrogen-bond acceptors (Lipinski definition) is 4. The highest BCUT2D eigenvalue weighted by Crippen LogP contribution is 2.30. The third kappa shape index (κ3) is 2.16. The standard InChI is InChI=1S/C12H8BrN3S/c13-8-7-14-6-5-9(8)15-12-16-10-3-1-2-4-11(10)17-12/h1-7H,(H,14,15,16). The minimum Gasteiger partial charge on any atom is -0.330 e. The van der Waals surface area contributed by atoms with Crippen molar-refractivity contribution < 1.29 is 0 Å². The summed E-state index contributed by atoms with van der Waals surface area (Å²) in [4.78, 5) is 8.54. The lowest BCUT2D eigenvalue weighted by atomic mass is 10.3. The lowest BCUT2D eigenvalue weighted by Gasteiger charge is -2.03. The van der Waals surface area contributed by atoms with E-state index in [1.807, 2.05) is 24.3 Å². The van der Waals surface area contributed by atoms with Crippen LogP contribution in [0.3, 0.4) is 0 Å². The van der Waals surface area contributed by atoms with E-state index in [4.69, 9.17) is 0 Å². The number of fused-ring (bicyclic) bond motifs is 1. The van der Waals surface area contributed by atoms with Gasteiger partial charge in [0.25, 0.3) is 0 Å². The molecule has 3 rings (SSSR count). The van der Waals surface area contributed by atoms with Crippen LogP contribution in [-0.4, -0.2) is 9.97 Å².